The molecule has 2 rings (SSSR count). The van der Waals surface area contributed by atoms with Gasteiger partial charge in [-0.15, -0.1) is 5.10 Å². The molecule has 0 aliphatic heterocycles. The maximum atomic E-state index is 11.7. The minimum absolute atomic E-state index is 0.0506. The Morgan fingerprint density at radius 1 is 1.48 bits per heavy atom. The van der Waals surface area contributed by atoms with Crippen molar-refractivity contribution in [2.45, 2.75) is 26.3 Å². The molecule has 0 atom stereocenters. The Kier molecular flexibility index (Phi) is 4.64. The van der Waals surface area contributed by atoms with Gasteiger partial charge in [0, 0.05) is 12.2 Å². The summed E-state index contributed by atoms with van der Waals surface area (Å²) in [6.45, 7) is 2.43. The third-order valence-corrected chi connectivity index (χ3v) is 2.94. The van der Waals surface area contributed by atoms with E-state index in [1.807, 2.05) is 6.92 Å². The third kappa shape index (κ3) is 4.13. The van der Waals surface area contributed by atoms with Gasteiger partial charge in [0.05, 0.1) is 12.4 Å². The zero-order valence-corrected chi connectivity index (χ0v) is 11.5. The lowest BCUT2D eigenvalue weighted by Gasteiger charge is -2.04. The van der Waals surface area contributed by atoms with Gasteiger partial charge in [0.15, 0.2) is 5.69 Å². The molecular weight excluding hydrogens is 276 g/mol. The van der Waals surface area contributed by atoms with Crippen molar-refractivity contribution < 1.29 is 14.7 Å². The first-order valence-electron chi connectivity index (χ1n) is 6.45. The van der Waals surface area contributed by atoms with Crippen LogP contribution in [-0.2, 0) is 17.8 Å². The highest BCUT2D eigenvalue weighted by Crippen LogP contribution is 2.04. The summed E-state index contributed by atoms with van der Waals surface area (Å²) >= 11 is 0. The number of aromatic amines is 1. The molecule has 0 aliphatic rings. The van der Waals surface area contributed by atoms with Gasteiger partial charge in [-0.1, -0.05) is 5.21 Å². The van der Waals surface area contributed by atoms with Gasteiger partial charge < -0.3 is 10.4 Å². The topological polar surface area (TPSA) is 126 Å². The summed E-state index contributed by atoms with van der Waals surface area (Å²) in [6, 6.07) is 0. The number of carboxylic acid groups (broad SMARTS) is 1. The Hall–Kier alpha value is -2.71. The van der Waals surface area contributed by atoms with Crippen molar-refractivity contribution in [3.05, 3.63) is 29.3 Å². The average Bonchev–Trinajstić information content (AvgIpc) is 3.04. The van der Waals surface area contributed by atoms with Crippen molar-refractivity contribution in [2.75, 3.05) is 6.54 Å². The van der Waals surface area contributed by atoms with E-state index in [4.69, 9.17) is 5.11 Å². The molecule has 0 radical (unpaired) electrons. The fraction of sp³-hybridized carbons (Fsp3) is 0.417. The Bertz CT molecular complexity index is 632. The van der Waals surface area contributed by atoms with Crippen LogP contribution in [0.1, 0.15) is 28.2 Å². The molecule has 21 heavy (non-hydrogen) atoms. The third-order valence-electron chi connectivity index (χ3n) is 2.94. The number of carbonyl (C=O) groups excluding carboxylic acids is 1. The number of H-pyrrole nitrogens is 1. The number of carbonyl (C=O) groups is 2. The number of rotatable bonds is 7. The van der Waals surface area contributed by atoms with Crippen LogP contribution in [-0.4, -0.2) is 48.7 Å². The van der Waals surface area contributed by atoms with Crippen molar-refractivity contribution in [3.8, 4) is 0 Å². The Labute approximate surface area is 120 Å². The summed E-state index contributed by atoms with van der Waals surface area (Å²) in [4.78, 5) is 22.3. The minimum atomic E-state index is -1.17. The Morgan fingerprint density at radius 2 is 2.29 bits per heavy atom. The molecule has 0 unspecified atom stereocenters. The zero-order valence-electron chi connectivity index (χ0n) is 11.5. The number of hydrogen-bond donors (Lipinski definition) is 3. The summed E-state index contributed by atoms with van der Waals surface area (Å²) in [5.74, 6) is -1.40. The lowest BCUT2D eigenvalue weighted by molar-refractivity contribution is -0.121. The summed E-state index contributed by atoms with van der Waals surface area (Å²) in [6.07, 6.45) is 4.62. The maximum absolute atomic E-state index is 11.7. The molecule has 0 spiro atoms. The van der Waals surface area contributed by atoms with Crippen molar-refractivity contribution in [1.82, 2.24) is 30.5 Å². The van der Waals surface area contributed by atoms with Gasteiger partial charge in [-0.3, -0.25) is 9.89 Å². The van der Waals surface area contributed by atoms with E-state index in [2.05, 4.69) is 25.8 Å². The normalized spacial score (nSPS) is 10.5. The van der Waals surface area contributed by atoms with Crippen LogP contribution in [0.25, 0.3) is 0 Å². The molecule has 0 bridgehead atoms. The largest absolute Gasteiger partial charge is 0.476 e. The summed E-state index contributed by atoms with van der Waals surface area (Å²) in [5.41, 5.74) is 1.98. The first-order valence-corrected chi connectivity index (χ1v) is 6.45. The molecule has 1 amide bonds. The lowest BCUT2D eigenvalue weighted by atomic mass is 10.1. The van der Waals surface area contributed by atoms with Crippen LogP contribution in [0.4, 0.5) is 0 Å². The van der Waals surface area contributed by atoms with Crippen LogP contribution in [0, 0.1) is 6.92 Å². The number of nitrogens with zero attached hydrogens (tertiary/aromatic N) is 4. The number of aromatic nitrogens is 5. The highest BCUT2D eigenvalue weighted by molar-refractivity contribution is 5.84. The average molecular weight is 292 g/mol. The van der Waals surface area contributed by atoms with Gasteiger partial charge >= 0.3 is 5.97 Å². The van der Waals surface area contributed by atoms with Crippen LogP contribution in [0.15, 0.2) is 12.4 Å². The van der Waals surface area contributed by atoms with Gasteiger partial charge in [0.1, 0.15) is 6.54 Å². The van der Waals surface area contributed by atoms with Crippen molar-refractivity contribution in [3.63, 3.8) is 0 Å². The molecule has 112 valence electrons. The number of amides is 1. The molecule has 2 aromatic heterocycles. The molecular formula is C12H16N6O3. The second-order valence-corrected chi connectivity index (χ2v) is 4.58. The second-order valence-electron chi connectivity index (χ2n) is 4.58. The van der Waals surface area contributed by atoms with Crippen LogP contribution in [0.5, 0.6) is 0 Å². The number of aromatic carboxylic acids is 1. The van der Waals surface area contributed by atoms with E-state index < -0.39 is 5.97 Å². The monoisotopic (exact) mass is 292 g/mol. The highest BCUT2D eigenvalue weighted by Gasteiger charge is 2.10. The van der Waals surface area contributed by atoms with Crippen LogP contribution >= 0.6 is 0 Å². The predicted octanol–water partition coefficient (Wildman–Crippen LogP) is -0.243. The van der Waals surface area contributed by atoms with Crippen molar-refractivity contribution in [1.29, 1.82) is 0 Å². The number of nitrogens with one attached hydrogen (secondary N) is 2. The number of hydrogen-bond acceptors (Lipinski definition) is 5. The first kappa shape index (κ1) is 14.7. The first-order chi connectivity index (χ1) is 10.1. The van der Waals surface area contributed by atoms with Crippen LogP contribution in [0.2, 0.25) is 0 Å². The molecule has 9 heteroatoms. The van der Waals surface area contributed by atoms with E-state index in [-0.39, 0.29) is 18.1 Å². The van der Waals surface area contributed by atoms with Crippen LogP contribution < -0.4 is 5.32 Å². The predicted molar refractivity (Wildman–Crippen MR) is 71.6 cm³/mol. The van der Waals surface area contributed by atoms with Gasteiger partial charge in [0.2, 0.25) is 5.91 Å². The van der Waals surface area contributed by atoms with E-state index in [0.29, 0.717) is 6.54 Å². The minimum Gasteiger partial charge on any atom is -0.476 e. The number of aryl methyl sites for hydroxylation is 2. The molecule has 0 saturated carbocycles. The summed E-state index contributed by atoms with van der Waals surface area (Å²) in [5, 5.41) is 25.2. The molecule has 0 saturated heterocycles. The fourth-order valence-corrected chi connectivity index (χ4v) is 1.81. The SMILES string of the molecule is Cc1[nH]ncc1CCCNC(=O)Cn1cc(C(=O)O)nn1. The molecule has 9 nitrogen and oxygen atoms in total. The van der Waals surface area contributed by atoms with Gasteiger partial charge in [-0.25, -0.2) is 9.48 Å². The van der Waals surface area contributed by atoms with Gasteiger partial charge in [-0.2, -0.15) is 5.10 Å². The Balaban J connectivity index is 1.70. The second kappa shape index (κ2) is 6.64. The molecule has 0 aromatic carbocycles. The molecule has 2 aromatic rings. The standard InChI is InChI=1S/C12H16N6O3/c1-8-9(5-14-15-8)3-2-4-13-11(19)7-18-6-10(12(20)21)16-17-18/h5-6H,2-4,7H2,1H3,(H,13,19)(H,14,15)(H,20,21). The highest BCUT2D eigenvalue weighted by atomic mass is 16.4. The smallest absolute Gasteiger partial charge is 0.358 e. The van der Waals surface area contributed by atoms with E-state index in [1.165, 1.54) is 10.9 Å². The fourth-order valence-electron chi connectivity index (χ4n) is 1.81. The van der Waals surface area contributed by atoms with E-state index in [9.17, 15) is 9.59 Å². The number of carboxylic acids is 1. The van der Waals surface area contributed by atoms with E-state index in [1.54, 1.807) is 6.20 Å². The summed E-state index contributed by atoms with van der Waals surface area (Å²) in [7, 11) is 0. The van der Waals surface area contributed by atoms with Crippen molar-refractivity contribution in [2.24, 2.45) is 0 Å². The Morgan fingerprint density at radius 3 is 2.90 bits per heavy atom. The molecule has 0 fully saturated rings. The molecule has 0 aliphatic carbocycles. The maximum Gasteiger partial charge on any atom is 0.358 e. The van der Waals surface area contributed by atoms with E-state index in [0.717, 1.165) is 24.1 Å². The van der Waals surface area contributed by atoms with Gasteiger partial charge in [-0.05, 0) is 25.3 Å². The molecule has 2 heterocycles. The molecule has 3 N–H and O–H groups in total. The van der Waals surface area contributed by atoms with E-state index >= 15 is 0 Å². The quantitative estimate of drug-likeness (QED) is 0.604. The summed E-state index contributed by atoms with van der Waals surface area (Å²) < 4.78 is 1.19. The van der Waals surface area contributed by atoms with Crippen LogP contribution in [0.3, 0.4) is 0 Å². The lowest BCUT2D eigenvalue weighted by Crippen LogP contribution is -2.28. The zero-order chi connectivity index (χ0) is 15.2. The van der Waals surface area contributed by atoms with Gasteiger partial charge in [0.25, 0.3) is 0 Å². The van der Waals surface area contributed by atoms with Crippen molar-refractivity contribution >= 4 is 11.9 Å².